The van der Waals surface area contributed by atoms with Crippen LogP contribution in [0.3, 0.4) is 0 Å². The predicted octanol–water partition coefficient (Wildman–Crippen LogP) is 3.69. The molecule has 0 aliphatic rings. The molecule has 0 bridgehead atoms. The molecule has 0 aliphatic carbocycles. The monoisotopic (exact) mass is 434 g/mol. The summed E-state index contributed by atoms with van der Waals surface area (Å²) in [6.07, 6.45) is 0.823. The molecule has 0 radical (unpaired) electrons. The molecule has 0 heterocycles. The molecule has 2 N–H and O–H groups in total. The van der Waals surface area contributed by atoms with E-state index in [1.807, 2.05) is 39.0 Å². The van der Waals surface area contributed by atoms with Gasteiger partial charge < -0.3 is 9.47 Å². The van der Waals surface area contributed by atoms with Gasteiger partial charge in [0.05, 0.1) is 12.2 Å². The number of nitrogens with one attached hydrogen (secondary N) is 2. The average molecular weight is 435 g/mol. The molecule has 2 rings (SSSR count). The van der Waals surface area contributed by atoms with E-state index < -0.39 is 11.8 Å². The lowest BCUT2D eigenvalue weighted by atomic mass is 10.1. The first-order valence-corrected chi connectivity index (χ1v) is 9.41. The summed E-state index contributed by atoms with van der Waals surface area (Å²) in [5, 5.41) is 0. The second kappa shape index (κ2) is 9.97. The van der Waals surface area contributed by atoms with Crippen LogP contribution < -0.4 is 20.3 Å². The quantitative estimate of drug-likeness (QED) is 0.651. The Hall–Kier alpha value is -2.54. The molecule has 0 spiro atoms. The minimum atomic E-state index is -0.470. The number of carbonyl (C=O) groups is 2. The minimum absolute atomic E-state index is 0.207. The van der Waals surface area contributed by atoms with Gasteiger partial charge in [-0.25, -0.2) is 0 Å². The first-order valence-electron chi connectivity index (χ1n) is 8.61. The molecule has 2 aromatic rings. The van der Waals surface area contributed by atoms with Gasteiger partial charge in [-0.3, -0.25) is 20.4 Å². The van der Waals surface area contributed by atoms with E-state index in [4.69, 9.17) is 9.47 Å². The molecule has 2 amide bonds. The van der Waals surface area contributed by atoms with Crippen molar-refractivity contribution in [2.24, 2.45) is 0 Å². The third kappa shape index (κ3) is 6.60. The van der Waals surface area contributed by atoms with Crippen LogP contribution >= 0.6 is 15.9 Å². The highest BCUT2D eigenvalue weighted by atomic mass is 79.9. The number of hydrazine groups is 1. The van der Waals surface area contributed by atoms with Gasteiger partial charge in [-0.2, -0.15) is 0 Å². The molecule has 0 unspecified atom stereocenters. The van der Waals surface area contributed by atoms with E-state index in [1.54, 1.807) is 18.2 Å². The van der Waals surface area contributed by atoms with E-state index in [9.17, 15) is 9.59 Å². The van der Waals surface area contributed by atoms with Gasteiger partial charge in [0.1, 0.15) is 11.5 Å². The van der Waals surface area contributed by atoms with Crippen LogP contribution in [0.5, 0.6) is 11.5 Å². The maximum Gasteiger partial charge on any atom is 0.276 e. The van der Waals surface area contributed by atoms with Crippen molar-refractivity contribution in [1.29, 1.82) is 0 Å². The van der Waals surface area contributed by atoms with Crippen molar-refractivity contribution in [2.45, 2.75) is 27.2 Å². The highest BCUT2D eigenvalue weighted by molar-refractivity contribution is 9.10. The molecule has 2 aromatic carbocycles. The van der Waals surface area contributed by atoms with Gasteiger partial charge in [-0.05, 0) is 61.7 Å². The fourth-order valence-corrected chi connectivity index (χ4v) is 2.77. The van der Waals surface area contributed by atoms with Crippen LogP contribution in [0, 0.1) is 13.8 Å². The Morgan fingerprint density at radius 3 is 2.37 bits per heavy atom. The number of hydrogen-bond acceptors (Lipinski definition) is 4. The van der Waals surface area contributed by atoms with Crippen LogP contribution in [-0.2, 0) is 4.79 Å². The van der Waals surface area contributed by atoms with E-state index in [0.29, 0.717) is 23.7 Å². The second-order valence-corrected chi connectivity index (χ2v) is 7.02. The first-order chi connectivity index (χ1) is 12.9. The van der Waals surface area contributed by atoms with E-state index in [1.165, 1.54) is 0 Å². The Bertz CT molecular complexity index is 803. The fourth-order valence-electron chi connectivity index (χ4n) is 2.41. The standard InChI is InChI=1S/C20H23BrN2O4/c1-4-7-26-18-6-5-15(21)11-17(18)20(25)23-22-19(24)12-27-16-9-13(2)8-14(3)10-16/h5-6,8-11H,4,7,12H2,1-3H3,(H,22,24)(H,23,25). The van der Waals surface area contributed by atoms with Gasteiger partial charge in [0.25, 0.3) is 11.8 Å². The summed E-state index contributed by atoms with van der Waals surface area (Å²) in [5.74, 6) is 0.130. The number of benzene rings is 2. The number of ether oxygens (including phenoxy) is 2. The molecule has 7 heteroatoms. The number of carbonyl (C=O) groups excluding carboxylic acids is 2. The van der Waals surface area contributed by atoms with Crippen LogP contribution in [0.4, 0.5) is 0 Å². The molecule has 144 valence electrons. The molecule has 27 heavy (non-hydrogen) atoms. The second-order valence-electron chi connectivity index (χ2n) is 6.10. The zero-order valence-corrected chi connectivity index (χ0v) is 17.2. The fraction of sp³-hybridized carbons (Fsp3) is 0.300. The number of amides is 2. The van der Waals surface area contributed by atoms with Crippen molar-refractivity contribution in [2.75, 3.05) is 13.2 Å². The van der Waals surface area contributed by atoms with Crippen LogP contribution in [-0.4, -0.2) is 25.0 Å². The molecule has 0 fully saturated rings. The maximum atomic E-state index is 12.4. The zero-order chi connectivity index (χ0) is 19.8. The smallest absolute Gasteiger partial charge is 0.276 e. The Morgan fingerprint density at radius 2 is 1.70 bits per heavy atom. The highest BCUT2D eigenvalue weighted by Gasteiger charge is 2.14. The molecule has 6 nitrogen and oxygen atoms in total. The summed E-state index contributed by atoms with van der Waals surface area (Å²) >= 11 is 3.33. The van der Waals surface area contributed by atoms with Crippen molar-refractivity contribution < 1.29 is 19.1 Å². The third-order valence-corrected chi connectivity index (χ3v) is 4.02. The molecular formula is C20H23BrN2O4. The number of rotatable bonds is 7. The molecule has 0 aromatic heterocycles. The topological polar surface area (TPSA) is 76.7 Å². The normalized spacial score (nSPS) is 10.2. The Balaban J connectivity index is 1.91. The largest absolute Gasteiger partial charge is 0.493 e. The lowest BCUT2D eigenvalue weighted by Gasteiger charge is -2.13. The van der Waals surface area contributed by atoms with E-state index in [-0.39, 0.29) is 6.61 Å². The summed E-state index contributed by atoms with van der Waals surface area (Å²) < 4.78 is 11.8. The molecular weight excluding hydrogens is 412 g/mol. The predicted molar refractivity (Wildman–Crippen MR) is 107 cm³/mol. The van der Waals surface area contributed by atoms with Crippen molar-refractivity contribution in [3.05, 3.63) is 57.6 Å². The van der Waals surface area contributed by atoms with Gasteiger partial charge in [0.2, 0.25) is 0 Å². The molecule has 0 saturated carbocycles. The summed E-state index contributed by atoms with van der Waals surface area (Å²) in [5.41, 5.74) is 7.16. The van der Waals surface area contributed by atoms with Crippen molar-refractivity contribution in [1.82, 2.24) is 10.9 Å². The average Bonchev–Trinajstić information content (AvgIpc) is 2.62. The Labute approximate surface area is 167 Å². The molecule has 0 aliphatic heterocycles. The van der Waals surface area contributed by atoms with Crippen molar-refractivity contribution in [3.63, 3.8) is 0 Å². The number of halogens is 1. The first kappa shape index (κ1) is 20.8. The SMILES string of the molecule is CCCOc1ccc(Br)cc1C(=O)NNC(=O)COc1cc(C)cc(C)c1. The molecule has 0 atom stereocenters. The van der Waals surface area contributed by atoms with Crippen LogP contribution in [0.1, 0.15) is 34.8 Å². The summed E-state index contributed by atoms with van der Waals surface area (Å²) in [6.45, 7) is 6.18. The summed E-state index contributed by atoms with van der Waals surface area (Å²) in [6, 6.07) is 10.8. The van der Waals surface area contributed by atoms with Gasteiger partial charge in [0, 0.05) is 4.47 Å². The highest BCUT2D eigenvalue weighted by Crippen LogP contribution is 2.23. The van der Waals surface area contributed by atoms with Crippen LogP contribution in [0.25, 0.3) is 0 Å². The third-order valence-electron chi connectivity index (χ3n) is 3.53. The van der Waals surface area contributed by atoms with E-state index >= 15 is 0 Å². The van der Waals surface area contributed by atoms with E-state index in [2.05, 4.69) is 26.8 Å². The van der Waals surface area contributed by atoms with Gasteiger partial charge in [-0.15, -0.1) is 0 Å². The summed E-state index contributed by atoms with van der Waals surface area (Å²) in [7, 11) is 0. The minimum Gasteiger partial charge on any atom is -0.493 e. The molecule has 0 saturated heterocycles. The number of aryl methyl sites for hydroxylation is 2. The van der Waals surface area contributed by atoms with Crippen molar-refractivity contribution >= 4 is 27.7 Å². The number of hydrogen-bond donors (Lipinski definition) is 2. The maximum absolute atomic E-state index is 12.4. The van der Waals surface area contributed by atoms with Crippen LogP contribution in [0.15, 0.2) is 40.9 Å². The Morgan fingerprint density at radius 1 is 1.00 bits per heavy atom. The zero-order valence-electron chi connectivity index (χ0n) is 15.6. The van der Waals surface area contributed by atoms with Gasteiger partial charge >= 0.3 is 0 Å². The van der Waals surface area contributed by atoms with Crippen LogP contribution in [0.2, 0.25) is 0 Å². The van der Waals surface area contributed by atoms with Gasteiger partial charge in [-0.1, -0.05) is 28.9 Å². The lowest BCUT2D eigenvalue weighted by Crippen LogP contribution is -2.44. The van der Waals surface area contributed by atoms with Gasteiger partial charge in [0.15, 0.2) is 6.61 Å². The lowest BCUT2D eigenvalue weighted by molar-refractivity contribution is -0.123. The van der Waals surface area contributed by atoms with E-state index in [0.717, 1.165) is 22.0 Å². The summed E-state index contributed by atoms with van der Waals surface area (Å²) in [4.78, 5) is 24.3. The van der Waals surface area contributed by atoms with Crippen molar-refractivity contribution in [3.8, 4) is 11.5 Å². The Kier molecular flexibility index (Phi) is 7.67.